The second kappa shape index (κ2) is 4.58. The molecule has 0 atom stereocenters. The Morgan fingerprint density at radius 3 is 2.59 bits per heavy atom. The smallest absolute Gasteiger partial charge is 0.126 e. The van der Waals surface area contributed by atoms with Crippen molar-refractivity contribution < 1.29 is 4.39 Å². The van der Waals surface area contributed by atoms with Gasteiger partial charge in [-0.1, -0.05) is 24.3 Å². The zero-order chi connectivity index (χ0) is 12.4. The van der Waals surface area contributed by atoms with Crippen LogP contribution in [0.1, 0.15) is 22.3 Å². The highest BCUT2D eigenvalue weighted by molar-refractivity contribution is 5.51. The molecule has 0 fully saturated rings. The molecule has 0 saturated heterocycles. The van der Waals surface area contributed by atoms with Gasteiger partial charge in [0.1, 0.15) is 5.82 Å². The van der Waals surface area contributed by atoms with Crippen LogP contribution in [-0.4, -0.2) is 0 Å². The van der Waals surface area contributed by atoms with Crippen LogP contribution in [0.15, 0.2) is 36.4 Å². The number of anilines is 1. The van der Waals surface area contributed by atoms with E-state index in [1.165, 1.54) is 11.6 Å². The van der Waals surface area contributed by atoms with Gasteiger partial charge in [-0.15, -0.1) is 0 Å². The van der Waals surface area contributed by atoms with Crippen LogP contribution in [0.5, 0.6) is 0 Å². The fourth-order valence-electron chi connectivity index (χ4n) is 1.93. The lowest BCUT2D eigenvalue weighted by molar-refractivity contribution is 0.618. The summed E-state index contributed by atoms with van der Waals surface area (Å²) in [5, 5.41) is 0. The van der Waals surface area contributed by atoms with Gasteiger partial charge in [-0.05, 0) is 54.7 Å². The van der Waals surface area contributed by atoms with E-state index in [0.29, 0.717) is 5.56 Å². The molecule has 0 aliphatic rings. The van der Waals surface area contributed by atoms with Gasteiger partial charge in [0.25, 0.3) is 0 Å². The summed E-state index contributed by atoms with van der Waals surface area (Å²) in [7, 11) is 0. The van der Waals surface area contributed by atoms with Gasteiger partial charge in [-0.2, -0.15) is 0 Å². The number of halogens is 1. The maximum atomic E-state index is 13.2. The Labute approximate surface area is 101 Å². The van der Waals surface area contributed by atoms with Crippen LogP contribution in [0.25, 0.3) is 0 Å². The van der Waals surface area contributed by atoms with Crippen LogP contribution in [0.4, 0.5) is 10.1 Å². The van der Waals surface area contributed by atoms with Crippen molar-refractivity contribution in [2.45, 2.75) is 20.3 Å². The highest BCUT2D eigenvalue weighted by Gasteiger charge is 2.04. The summed E-state index contributed by atoms with van der Waals surface area (Å²) in [5.41, 5.74) is 10.8. The summed E-state index contributed by atoms with van der Waals surface area (Å²) < 4.78 is 13.2. The van der Waals surface area contributed by atoms with Gasteiger partial charge < -0.3 is 5.73 Å². The zero-order valence-corrected chi connectivity index (χ0v) is 10.1. The van der Waals surface area contributed by atoms with Crippen molar-refractivity contribution in [3.05, 3.63) is 64.5 Å². The minimum atomic E-state index is -0.155. The number of rotatable bonds is 2. The normalized spacial score (nSPS) is 10.5. The van der Waals surface area contributed by atoms with Gasteiger partial charge >= 0.3 is 0 Å². The molecule has 0 aliphatic carbocycles. The number of aryl methyl sites for hydroxylation is 1. The van der Waals surface area contributed by atoms with Crippen molar-refractivity contribution in [3.8, 4) is 0 Å². The lowest BCUT2D eigenvalue weighted by Crippen LogP contribution is -1.97. The molecule has 0 aliphatic heterocycles. The lowest BCUT2D eigenvalue weighted by Gasteiger charge is -2.09. The SMILES string of the molecule is Cc1cc(Cc2cccc(N)c2C)ccc1F. The third kappa shape index (κ3) is 2.47. The van der Waals surface area contributed by atoms with Crippen molar-refractivity contribution in [2.75, 3.05) is 5.73 Å². The average molecular weight is 229 g/mol. The van der Waals surface area contributed by atoms with Gasteiger partial charge in [-0.25, -0.2) is 4.39 Å². The quantitative estimate of drug-likeness (QED) is 0.782. The summed E-state index contributed by atoms with van der Waals surface area (Å²) in [4.78, 5) is 0. The number of hydrogen-bond acceptors (Lipinski definition) is 1. The lowest BCUT2D eigenvalue weighted by atomic mass is 9.98. The Morgan fingerprint density at radius 2 is 1.88 bits per heavy atom. The van der Waals surface area contributed by atoms with E-state index in [2.05, 4.69) is 6.07 Å². The first-order valence-electron chi connectivity index (χ1n) is 5.67. The number of nitrogen functional groups attached to an aromatic ring is 1. The molecule has 2 rings (SSSR count). The molecule has 0 saturated carbocycles. The van der Waals surface area contributed by atoms with E-state index in [9.17, 15) is 4.39 Å². The molecular weight excluding hydrogens is 213 g/mol. The maximum Gasteiger partial charge on any atom is 0.126 e. The average Bonchev–Trinajstić information content (AvgIpc) is 2.30. The van der Waals surface area contributed by atoms with E-state index in [1.807, 2.05) is 31.2 Å². The molecule has 2 N–H and O–H groups in total. The van der Waals surface area contributed by atoms with Crippen molar-refractivity contribution in [3.63, 3.8) is 0 Å². The Morgan fingerprint density at radius 1 is 1.12 bits per heavy atom. The predicted octanol–water partition coefficient (Wildman–Crippen LogP) is 3.62. The Balaban J connectivity index is 2.31. The number of nitrogens with two attached hydrogens (primary N) is 1. The highest BCUT2D eigenvalue weighted by Crippen LogP contribution is 2.20. The van der Waals surface area contributed by atoms with Crippen molar-refractivity contribution >= 4 is 5.69 Å². The number of hydrogen-bond donors (Lipinski definition) is 1. The fourth-order valence-corrected chi connectivity index (χ4v) is 1.93. The first-order valence-corrected chi connectivity index (χ1v) is 5.67. The molecule has 2 aromatic rings. The van der Waals surface area contributed by atoms with Gasteiger partial charge in [0.2, 0.25) is 0 Å². The van der Waals surface area contributed by atoms with Gasteiger partial charge in [0.05, 0.1) is 0 Å². The minimum absolute atomic E-state index is 0.155. The molecule has 0 radical (unpaired) electrons. The molecule has 0 spiro atoms. The molecule has 88 valence electrons. The summed E-state index contributed by atoms with van der Waals surface area (Å²) >= 11 is 0. The largest absolute Gasteiger partial charge is 0.399 e. The second-order valence-electron chi connectivity index (χ2n) is 4.39. The molecule has 0 unspecified atom stereocenters. The molecule has 0 bridgehead atoms. The van der Waals surface area contributed by atoms with Crippen LogP contribution in [0, 0.1) is 19.7 Å². The van der Waals surface area contributed by atoms with Crippen LogP contribution in [0.3, 0.4) is 0 Å². The van der Waals surface area contributed by atoms with Gasteiger partial charge in [0, 0.05) is 5.69 Å². The van der Waals surface area contributed by atoms with Crippen LogP contribution >= 0.6 is 0 Å². The van der Waals surface area contributed by atoms with Crippen LogP contribution in [0.2, 0.25) is 0 Å². The highest BCUT2D eigenvalue weighted by atomic mass is 19.1. The second-order valence-corrected chi connectivity index (χ2v) is 4.39. The monoisotopic (exact) mass is 229 g/mol. The first kappa shape index (κ1) is 11.6. The van der Waals surface area contributed by atoms with E-state index >= 15 is 0 Å². The third-order valence-electron chi connectivity index (χ3n) is 3.10. The Hall–Kier alpha value is -1.83. The summed E-state index contributed by atoms with van der Waals surface area (Å²) in [6.45, 7) is 3.80. The molecule has 0 amide bonds. The van der Waals surface area contributed by atoms with E-state index in [-0.39, 0.29) is 5.82 Å². The molecule has 2 aromatic carbocycles. The van der Waals surface area contributed by atoms with Gasteiger partial charge in [0.15, 0.2) is 0 Å². The minimum Gasteiger partial charge on any atom is -0.399 e. The van der Waals surface area contributed by atoms with Crippen LogP contribution in [-0.2, 0) is 6.42 Å². The van der Waals surface area contributed by atoms with Gasteiger partial charge in [-0.3, -0.25) is 0 Å². The maximum absolute atomic E-state index is 13.2. The van der Waals surface area contributed by atoms with Crippen molar-refractivity contribution in [2.24, 2.45) is 0 Å². The molecule has 2 heteroatoms. The predicted molar refractivity (Wildman–Crippen MR) is 69.5 cm³/mol. The molecule has 0 heterocycles. The van der Waals surface area contributed by atoms with E-state index in [0.717, 1.165) is 23.2 Å². The molecular formula is C15H16FN. The van der Waals surface area contributed by atoms with E-state index in [4.69, 9.17) is 5.73 Å². The third-order valence-corrected chi connectivity index (χ3v) is 3.10. The topological polar surface area (TPSA) is 26.0 Å². The summed E-state index contributed by atoms with van der Waals surface area (Å²) in [5.74, 6) is -0.155. The molecule has 0 aromatic heterocycles. The fraction of sp³-hybridized carbons (Fsp3) is 0.200. The Bertz CT molecular complexity index is 547. The standard InChI is InChI=1S/C15H16FN/c1-10-8-12(6-7-14(10)16)9-13-4-3-5-15(17)11(13)2/h3-8H,9,17H2,1-2H3. The summed E-state index contributed by atoms with van der Waals surface area (Å²) in [6, 6.07) is 11.1. The Kier molecular flexibility index (Phi) is 3.14. The summed E-state index contributed by atoms with van der Waals surface area (Å²) in [6.07, 6.45) is 0.790. The molecule has 17 heavy (non-hydrogen) atoms. The first-order chi connectivity index (χ1) is 8.08. The zero-order valence-electron chi connectivity index (χ0n) is 10.1. The van der Waals surface area contributed by atoms with Crippen molar-refractivity contribution in [1.82, 2.24) is 0 Å². The van der Waals surface area contributed by atoms with E-state index in [1.54, 1.807) is 6.92 Å². The van der Waals surface area contributed by atoms with E-state index < -0.39 is 0 Å². The molecule has 1 nitrogen and oxygen atoms in total. The van der Waals surface area contributed by atoms with Crippen LogP contribution < -0.4 is 5.73 Å². The van der Waals surface area contributed by atoms with Crippen molar-refractivity contribution in [1.29, 1.82) is 0 Å². The number of benzene rings is 2.